The molecule has 0 bridgehead atoms. The minimum Gasteiger partial charge on any atom is -0.310 e. The Morgan fingerprint density at radius 1 is 0.854 bits per heavy atom. The fourth-order valence-corrected chi connectivity index (χ4v) is 5.50. The van der Waals surface area contributed by atoms with E-state index in [1.807, 2.05) is 71.0 Å². The summed E-state index contributed by atoms with van der Waals surface area (Å²) in [7, 11) is 0. The van der Waals surface area contributed by atoms with Gasteiger partial charge < -0.3 is 5.41 Å². The number of alkyl halides is 1. The molecule has 0 saturated heterocycles. The Hall–Kier alpha value is -3.37. The molecule has 0 aliphatic rings. The van der Waals surface area contributed by atoms with Crippen molar-refractivity contribution in [1.82, 2.24) is 4.98 Å². The second-order valence-electron chi connectivity index (χ2n) is 12.7. The molecule has 0 atom stereocenters. The van der Waals surface area contributed by atoms with Crippen LogP contribution in [0.2, 0.25) is 0 Å². The van der Waals surface area contributed by atoms with Gasteiger partial charge in [0.25, 0.3) is 0 Å². The molecule has 0 aliphatic carbocycles. The molecule has 3 rings (SSSR count). The minimum atomic E-state index is -1.30. The van der Waals surface area contributed by atoms with Gasteiger partial charge in [0.2, 0.25) is 0 Å². The molecule has 0 radical (unpaired) electrons. The SMILES string of the molecule is C=C(C)/C=C(/C)CC.C=C(C)c1ccccc1-c1ccc(C(C)(C)F)cc1.C=C(C)c1csc(C(CCC)CCC)n1.CC.CC(C)=N. The molecule has 0 unspecified atom stereocenters. The van der Waals surface area contributed by atoms with Gasteiger partial charge >= 0.3 is 0 Å². The molecule has 2 aromatic carbocycles. The van der Waals surface area contributed by atoms with Crippen molar-refractivity contribution in [3.63, 3.8) is 0 Å². The first-order chi connectivity index (χ1) is 22.5. The van der Waals surface area contributed by atoms with Gasteiger partial charge in [-0.2, -0.15) is 0 Å². The Labute approximate surface area is 299 Å². The largest absolute Gasteiger partial charge is 0.310 e. The molecule has 1 N–H and O–H groups in total. The molecular weight excluding hydrogens is 608 g/mol. The van der Waals surface area contributed by atoms with Gasteiger partial charge in [0, 0.05) is 17.0 Å². The summed E-state index contributed by atoms with van der Waals surface area (Å²) in [5.74, 6) is 0.665. The summed E-state index contributed by atoms with van der Waals surface area (Å²) in [6.07, 6.45) is 8.25. The highest BCUT2D eigenvalue weighted by Crippen LogP contribution is 2.32. The number of thiazole rings is 1. The van der Waals surface area contributed by atoms with Crippen LogP contribution in [-0.4, -0.2) is 10.7 Å². The molecule has 2 nitrogen and oxygen atoms in total. The van der Waals surface area contributed by atoms with Crippen LogP contribution in [0, 0.1) is 5.41 Å². The van der Waals surface area contributed by atoms with Crippen LogP contribution < -0.4 is 0 Å². The lowest BCUT2D eigenvalue weighted by Crippen LogP contribution is -2.08. The predicted molar refractivity (Wildman–Crippen MR) is 219 cm³/mol. The molecule has 1 aromatic heterocycles. The topological polar surface area (TPSA) is 36.7 Å². The molecule has 3 aromatic rings. The third-order valence-corrected chi connectivity index (χ3v) is 7.91. The highest BCUT2D eigenvalue weighted by molar-refractivity contribution is 7.09. The maximum atomic E-state index is 13.8. The van der Waals surface area contributed by atoms with E-state index in [1.54, 1.807) is 39.0 Å². The van der Waals surface area contributed by atoms with Crippen molar-refractivity contribution in [3.8, 4) is 11.1 Å². The van der Waals surface area contributed by atoms with Gasteiger partial charge in [-0.15, -0.1) is 11.3 Å². The second-order valence-corrected chi connectivity index (χ2v) is 13.6. The number of rotatable bonds is 11. The molecule has 0 spiro atoms. The first-order valence-corrected chi connectivity index (χ1v) is 18.4. The lowest BCUT2D eigenvalue weighted by Gasteiger charge is -2.16. The Kier molecular flexibility index (Phi) is 25.0. The summed E-state index contributed by atoms with van der Waals surface area (Å²) in [5.41, 5.74) is 9.15. The lowest BCUT2D eigenvalue weighted by molar-refractivity contribution is 0.221. The van der Waals surface area contributed by atoms with E-state index in [0.29, 0.717) is 17.2 Å². The van der Waals surface area contributed by atoms with E-state index < -0.39 is 5.67 Å². The van der Waals surface area contributed by atoms with Crippen LogP contribution in [-0.2, 0) is 5.67 Å². The van der Waals surface area contributed by atoms with Gasteiger partial charge in [-0.1, -0.05) is 139 Å². The summed E-state index contributed by atoms with van der Waals surface area (Å²) in [4.78, 5) is 4.67. The Morgan fingerprint density at radius 2 is 1.35 bits per heavy atom. The number of hydrogen-bond acceptors (Lipinski definition) is 3. The summed E-state index contributed by atoms with van der Waals surface area (Å²) in [5, 5.41) is 9.94. The average molecular weight is 675 g/mol. The molecule has 0 aliphatic heterocycles. The first-order valence-electron chi connectivity index (χ1n) is 17.5. The van der Waals surface area contributed by atoms with E-state index in [9.17, 15) is 4.39 Å². The standard InChI is InChI=1S/C18H19F.C13H21NS.C8H14.C3H7N.C2H6/c1-13(2)16-7-5-6-8-17(16)14-9-11-15(12-10-14)18(3,4)19;1-5-7-11(8-6-2)13-14-12(9-15-13)10(3)4;1-5-8(4)6-7(2)3;1-3(2)4;1-2/h5-12H,1H2,2-4H3;9,11H,3,5-8H2,1-2,4H3;6H,2,5H2,1,3-4H3;4H,1-2H3;1-2H3/b;;8-6-;;. The molecule has 0 saturated carbocycles. The molecule has 48 heavy (non-hydrogen) atoms. The third-order valence-electron chi connectivity index (χ3n) is 6.90. The molecule has 0 fully saturated rings. The van der Waals surface area contributed by atoms with E-state index in [-0.39, 0.29) is 0 Å². The van der Waals surface area contributed by atoms with Crippen LogP contribution in [0.4, 0.5) is 4.39 Å². The van der Waals surface area contributed by atoms with Crippen molar-refractivity contribution in [2.75, 3.05) is 0 Å². The highest BCUT2D eigenvalue weighted by atomic mass is 32.1. The molecule has 0 amide bonds. The zero-order valence-electron chi connectivity index (χ0n) is 32.7. The highest BCUT2D eigenvalue weighted by Gasteiger charge is 2.18. The summed E-state index contributed by atoms with van der Waals surface area (Å²) in [6, 6.07) is 15.8. The quantitative estimate of drug-likeness (QED) is 0.159. The van der Waals surface area contributed by atoms with Gasteiger partial charge in [-0.25, -0.2) is 9.37 Å². The fourth-order valence-electron chi connectivity index (χ4n) is 4.44. The number of benzene rings is 2. The summed E-state index contributed by atoms with van der Waals surface area (Å²) >= 11 is 1.79. The fraction of sp³-hybridized carbons (Fsp3) is 0.455. The van der Waals surface area contributed by atoms with Crippen molar-refractivity contribution in [1.29, 1.82) is 5.41 Å². The van der Waals surface area contributed by atoms with Crippen molar-refractivity contribution in [2.45, 2.75) is 134 Å². The molecule has 266 valence electrons. The predicted octanol–water partition coefficient (Wildman–Crippen LogP) is 15.4. The van der Waals surface area contributed by atoms with Gasteiger partial charge in [0.05, 0.1) is 10.7 Å². The monoisotopic (exact) mass is 675 g/mol. The Morgan fingerprint density at radius 3 is 1.71 bits per heavy atom. The maximum Gasteiger partial charge on any atom is 0.130 e. The van der Waals surface area contributed by atoms with Crippen LogP contribution in [0.15, 0.2) is 90.9 Å². The molecule has 4 heteroatoms. The number of hydrogen-bond donors (Lipinski definition) is 1. The van der Waals surface area contributed by atoms with Crippen molar-refractivity contribution >= 4 is 28.2 Å². The van der Waals surface area contributed by atoms with Gasteiger partial charge in [-0.05, 0) is 102 Å². The van der Waals surface area contributed by atoms with Gasteiger partial charge in [0.15, 0.2) is 0 Å². The normalized spacial score (nSPS) is 10.5. The maximum absolute atomic E-state index is 13.8. The third kappa shape index (κ3) is 20.1. The average Bonchev–Trinajstić information content (AvgIpc) is 3.53. The van der Waals surface area contributed by atoms with E-state index in [0.717, 1.165) is 45.5 Å². The smallest absolute Gasteiger partial charge is 0.130 e. The van der Waals surface area contributed by atoms with E-state index in [2.05, 4.69) is 76.0 Å². The van der Waals surface area contributed by atoms with Crippen molar-refractivity contribution < 1.29 is 4.39 Å². The van der Waals surface area contributed by atoms with Crippen molar-refractivity contribution in [3.05, 3.63) is 113 Å². The van der Waals surface area contributed by atoms with Gasteiger partial charge in [-0.3, -0.25) is 0 Å². The van der Waals surface area contributed by atoms with E-state index in [4.69, 9.17) is 5.41 Å². The summed E-state index contributed by atoms with van der Waals surface area (Å²) in [6.45, 7) is 37.1. The first kappa shape index (κ1) is 46.7. The number of aromatic nitrogens is 1. The van der Waals surface area contributed by atoms with Crippen LogP contribution >= 0.6 is 11.3 Å². The lowest BCUT2D eigenvalue weighted by atomic mass is 9.93. The molecular formula is C44H67FN2S. The summed E-state index contributed by atoms with van der Waals surface area (Å²) < 4.78 is 13.8. The molecule has 1 heterocycles. The minimum absolute atomic E-state index is 0.665. The van der Waals surface area contributed by atoms with E-state index >= 15 is 0 Å². The zero-order valence-corrected chi connectivity index (χ0v) is 33.6. The van der Waals surface area contributed by atoms with Crippen LogP contribution in [0.1, 0.15) is 150 Å². The van der Waals surface area contributed by atoms with Crippen LogP contribution in [0.25, 0.3) is 22.3 Å². The van der Waals surface area contributed by atoms with Crippen molar-refractivity contribution in [2.24, 2.45) is 0 Å². The Bertz CT molecular complexity index is 1390. The second kappa shape index (κ2) is 25.6. The van der Waals surface area contributed by atoms with E-state index in [1.165, 1.54) is 36.3 Å². The number of allylic oxidation sites excluding steroid dienone is 5. The number of halogens is 1. The zero-order chi connectivity index (χ0) is 37.4. The Balaban J connectivity index is 0. The number of nitrogens with zero attached hydrogens (tertiary/aromatic N) is 1. The number of nitrogens with one attached hydrogen (secondary N) is 1. The van der Waals surface area contributed by atoms with Crippen LogP contribution in [0.5, 0.6) is 0 Å². The van der Waals surface area contributed by atoms with Crippen LogP contribution in [0.3, 0.4) is 0 Å². The van der Waals surface area contributed by atoms with Gasteiger partial charge in [0.1, 0.15) is 5.67 Å².